The van der Waals surface area contributed by atoms with E-state index in [2.05, 4.69) is 10.3 Å². The summed E-state index contributed by atoms with van der Waals surface area (Å²) in [5.74, 6) is 0.926. The van der Waals surface area contributed by atoms with E-state index in [4.69, 9.17) is 10.5 Å². The predicted molar refractivity (Wildman–Crippen MR) is 163 cm³/mol. The monoisotopic (exact) mass is 564 g/mol. The zero-order valence-corrected chi connectivity index (χ0v) is 24.3. The van der Waals surface area contributed by atoms with Crippen LogP contribution in [0.3, 0.4) is 0 Å². The molecule has 10 heteroatoms. The van der Waals surface area contributed by atoms with Gasteiger partial charge < -0.3 is 35.6 Å². The number of nitrogens with zero attached hydrogens (tertiary/aromatic N) is 4. The Morgan fingerprint density at radius 1 is 1.10 bits per heavy atom. The van der Waals surface area contributed by atoms with E-state index in [-0.39, 0.29) is 37.0 Å². The topological polar surface area (TPSA) is 124 Å². The summed E-state index contributed by atoms with van der Waals surface area (Å²) in [6.07, 6.45) is 7.49. The smallest absolute Gasteiger partial charge is 0.244 e. The van der Waals surface area contributed by atoms with E-state index in [9.17, 15) is 14.7 Å². The highest BCUT2D eigenvalue weighted by molar-refractivity contribution is 5.98. The third-order valence-electron chi connectivity index (χ3n) is 7.73. The molecule has 2 amide bonds. The van der Waals surface area contributed by atoms with Crippen molar-refractivity contribution in [2.45, 2.75) is 64.0 Å². The number of carbonyl (C=O) groups excluding carboxylic acids is 2. The molecule has 0 unspecified atom stereocenters. The molecule has 0 saturated heterocycles. The van der Waals surface area contributed by atoms with Gasteiger partial charge in [0, 0.05) is 38.7 Å². The van der Waals surface area contributed by atoms with Crippen LogP contribution in [0.1, 0.15) is 56.9 Å². The zero-order valence-electron chi connectivity index (χ0n) is 24.3. The van der Waals surface area contributed by atoms with Gasteiger partial charge in [-0.25, -0.2) is 4.99 Å². The van der Waals surface area contributed by atoms with Crippen LogP contribution < -0.4 is 20.7 Å². The van der Waals surface area contributed by atoms with E-state index in [0.717, 1.165) is 54.7 Å². The first-order chi connectivity index (χ1) is 19.9. The molecule has 41 heavy (non-hydrogen) atoms. The van der Waals surface area contributed by atoms with Crippen LogP contribution in [0.5, 0.6) is 5.75 Å². The predicted octanol–water partition coefficient (Wildman–Crippen LogP) is 3.86. The number of ether oxygens (including phenoxy) is 1. The standard InChI is InChI=1S/C31H44N6O4/c1-35(2)27-15-7-6-13-26(27)33-29(39)22-36-21-24-25(34-31(36)32)14-10-16-28(24)41-20-9-8-17-30(40)37(18-19-38)23-11-4-3-5-12-23/h6-7,10,13-16,23,38H,3-5,8-9,11-12,17-22H2,1-2H3,(H2,32,34)(H,33,39). The lowest BCUT2D eigenvalue weighted by Gasteiger charge is -2.34. The van der Waals surface area contributed by atoms with Crippen molar-refractivity contribution in [3.8, 4) is 5.75 Å². The van der Waals surface area contributed by atoms with Gasteiger partial charge in [-0.15, -0.1) is 0 Å². The molecule has 0 radical (unpaired) electrons. The molecule has 4 rings (SSSR count). The molecule has 2 aliphatic rings. The van der Waals surface area contributed by atoms with Crippen LogP contribution >= 0.6 is 0 Å². The first-order valence-electron chi connectivity index (χ1n) is 14.7. The van der Waals surface area contributed by atoms with Gasteiger partial charge in [0.1, 0.15) is 12.3 Å². The summed E-state index contributed by atoms with van der Waals surface area (Å²) in [7, 11) is 3.86. The third kappa shape index (κ3) is 8.13. The normalized spacial score (nSPS) is 15.1. The lowest BCUT2D eigenvalue weighted by atomic mass is 9.94. The summed E-state index contributed by atoms with van der Waals surface area (Å²) < 4.78 is 6.13. The van der Waals surface area contributed by atoms with Crippen molar-refractivity contribution in [1.82, 2.24) is 9.80 Å². The van der Waals surface area contributed by atoms with Gasteiger partial charge in [0.05, 0.1) is 36.8 Å². The Hall–Kier alpha value is -3.79. The lowest BCUT2D eigenvalue weighted by molar-refractivity contribution is -0.135. The van der Waals surface area contributed by atoms with Crippen molar-refractivity contribution < 1.29 is 19.4 Å². The Balaban J connectivity index is 1.29. The molecule has 0 bridgehead atoms. The van der Waals surface area contributed by atoms with Crippen LogP contribution in [0.15, 0.2) is 47.5 Å². The molecule has 1 heterocycles. The molecule has 0 aromatic heterocycles. The summed E-state index contributed by atoms with van der Waals surface area (Å²) in [6, 6.07) is 13.6. The number of hydrogen-bond donors (Lipinski definition) is 3. The molecule has 222 valence electrons. The Labute approximate surface area is 243 Å². The number of amides is 2. The van der Waals surface area contributed by atoms with Gasteiger partial charge in [0.2, 0.25) is 11.8 Å². The molecule has 2 aromatic carbocycles. The maximum absolute atomic E-state index is 12.9. The highest BCUT2D eigenvalue weighted by Gasteiger charge is 2.25. The van der Waals surface area contributed by atoms with Crippen molar-refractivity contribution in [2.75, 3.05) is 50.6 Å². The summed E-state index contributed by atoms with van der Waals surface area (Å²) in [6.45, 7) is 1.34. The Kier molecular flexibility index (Phi) is 10.8. The van der Waals surface area contributed by atoms with E-state index in [1.807, 2.05) is 66.4 Å². The number of aliphatic hydroxyl groups excluding tert-OH is 1. The fourth-order valence-electron chi connectivity index (χ4n) is 5.60. The minimum absolute atomic E-state index is 0.000478. The van der Waals surface area contributed by atoms with Crippen LogP contribution in [0.25, 0.3) is 0 Å². The average molecular weight is 565 g/mol. The number of nitrogens with two attached hydrogens (primary N) is 1. The van der Waals surface area contributed by atoms with Crippen molar-refractivity contribution in [2.24, 2.45) is 10.7 Å². The molecular formula is C31H44N6O4. The molecule has 1 saturated carbocycles. The summed E-state index contributed by atoms with van der Waals surface area (Å²) in [5.41, 5.74) is 9.49. The van der Waals surface area contributed by atoms with Crippen LogP contribution in [-0.4, -0.2) is 79.1 Å². The molecular weight excluding hydrogens is 520 g/mol. The molecule has 1 fully saturated rings. The molecule has 1 aliphatic carbocycles. The number of hydrogen-bond acceptors (Lipinski definition) is 8. The number of guanidine groups is 1. The zero-order chi connectivity index (χ0) is 29.2. The Morgan fingerprint density at radius 2 is 1.88 bits per heavy atom. The minimum atomic E-state index is -0.188. The van der Waals surface area contributed by atoms with Gasteiger partial charge in [-0.05, 0) is 49.9 Å². The minimum Gasteiger partial charge on any atom is -0.493 e. The lowest BCUT2D eigenvalue weighted by Crippen LogP contribution is -2.43. The fraction of sp³-hybridized carbons (Fsp3) is 0.516. The highest BCUT2D eigenvalue weighted by Crippen LogP contribution is 2.33. The van der Waals surface area contributed by atoms with Crippen LogP contribution in [-0.2, 0) is 16.1 Å². The van der Waals surface area contributed by atoms with Crippen molar-refractivity contribution >= 4 is 34.8 Å². The van der Waals surface area contributed by atoms with Crippen LogP contribution in [0, 0.1) is 0 Å². The second-order valence-corrected chi connectivity index (χ2v) is 10.9. The maximum Gasteiger partial charge on any atom is 0.244 e. The van der Waals surface area contributed by atoms with E-state index in [0.29, 0.717) is 38.3 Å². The average Bonchev–Trinajstić information content (AvgIpc) is 2.96. The maximum atomic E-state index is 12.9. The number of aliphatic imine (C=N–C) groups is 1. The van der Waals surface area contributed by atoms with Gasteiger partial charge in [0.15, 0.2) is 5.96 Å². The van der Waals surface area contributed by atoms with Crippen LogP contribution in [0.4, 0.5) is 17.1 Å². The van der Waals surface area contributed by atoms with Gasteiger partial charge in [0.25, 0.3) is 0 Å². The molecule has 2 aromatic rings. The number of para-hydroxylation sites is 2. The number of fused-ring (bicyclic) bond motifs is 1. The molecule has 0 atom stereocenters. The van der Waals surface area contributed by atoms with Crippen molar-refractivity contribution in [3.05, 3.63) is 48.0 Å². The second kappa shape index (κ2) is 14.7. The molecule has 10 nitrogen and oxygen atoms in total. The first-order valence-corrected chi connectivity index (χ1v) is 14.7. The summed E-state index contributed by atoms with van der Waals surface area (Å²) in [4.78, 5) is 35.9. The third-order valence-corrected chi connectivity index (χ3v) is 7.73. The Morgan fingerprint density at radius 3 is 2.63 bits per heavy atom. The molecule has 4 N–H and O–H groups in total. The number of anilines is 2. The summed E-state index contributed by atoms with van der Waals surface area (Å²) >= 11 is 0. The fourth-order valence-corrected chi connectivity index (χ4v) is 5.60. The van der Waals surface area contributed by atoms with E-state index < -0.39 is 0 Å². The van der Waals surface area contributed by atoms with Gasteiger partial charge >= 0.3 is 0 Å². The number of carbonyl (C=O) groups is 2. The van der Waals surface area contributed by atoms with Gasteiger partial charge in [-0.3, -0.25) is 9.59 Å². The number of aliphatic hydroxyl groups is 1. The van der Waals surface area contributed by atoms with E-state index in [1.165, 1.54) is 6.42 Å². The highest BCUT2D eigenvalue weighted by atomic mass is 16.5. The number of unbranched alkanes of at least 4 members (excludes halogenated alkanes) is 1. The quantitative estimate of drug-likeness (QED) is 0.316. The van der Waals surface area contributed by atoms with Crippen LogP contribution in [0.2, 0.25) is 0 Å². The van der Waals surface area contributed by atoms with Crippen molar-refractivity contribution in [3.63, 3.8) is 0 Å². The van der Waals surface area contributed by atoms with Crippen molar-refractivity contribution in [1.29, 1.82) is 0 Å². The molecule has 0 spiro atoms. The summed E-state index contributed by atoms with van der Waals surface area (Å²) in [5, 5.41) is 12.5. The van der Waals surface area contributed by atoms with Gasteiger partial charge in [-0.2, -0.15) is 0 Å². The van der Waals surface area contributed by atoms with E-state index >= 15 is 0 Å². The Bertz CT molecular complexity index is 1210. The van der Waals surface area contributed by atoms with Gasteiger partial charge in [-0.1, -0.05) is 37.5 Å². The first kappa shape index (κ1) is 30.2. The number of benzene rings is 2. The second-order valence-electron chi connectivity index (χ2n) is 10.9. The SMILES string of the molecule is CN(C)c1ccccc1NC(=O)CN1Cc2c(cccc2OCCCCC(=O)N(CCO)C2CCCCC2)N=C1N. The van der Waals surface area contributed by atoms with E-state index in [1.54, 1.807) is 4.90 Å². The largest absolute Gasteiger partial charge is 0.493 e. The molecule has 1 aliphatic heterocycles. The number of nitrogens with one attached hydrogen (secondary N) is 1. The number of rotatable bonds is 13.